The summed E-state index contributed by atoms with van der Waals surface area (Å²) in [7, 11) is 0. The van der Waals surface area contributed by atoms with E-state index in [4.69, 9.17) is 9.47 Å². The number of aliphatic hydroxyl groups is 1. The zero-order valence-corrected chi connectivity index (χ0v) is 26.7. The molecule has 1 spiro atoms. The van der Waals surface area contributed by atoms with Crippen LogP contribution in [0.25, 0.3) is 11.0 Å². The summed E-state index contributed by atoms with van der Waals surface area (Å²) in [4.78, 5) is 48.5. The Hall–Kier alpha value is -4.55. The molecular weight excluding hydrogens is 600 g/mol. The van der Waals surface area contributed by atoms with Crippen LogP contribution in [0.15, 0.2) is 73.8 Å². The summed E-state index contributed by atoms with van der Waals surface area (Å²) >= 11 is 0. The first kappa shape index (κ1) is 32.4. The highest BCUT2D eigenvalue weighted by atomic mass is 16.5. The van der Waals surface area contributed by atoms with Crippen molar-refractivity contribution in [3.63, 3.8) is 0 Å². The molecule has 3 aromatic rings. The van der Waals surface area contributed by atoms with Crippen molar-refractivity contribution >= 4 is 34.4 Å². The van der Waals surface area contributed by atoms with Gasteiger partial charge in [-0.25, -0.2) is 4.68 Å². The first-order chi connectivity index (χ1) is 22.9. The van der Waals surface area contributed by atoms with Crippen LogP contribution in [0.4, 0.5) is 5.69 Å². The Bertz CT molecular complexity index is 1640. The lowest BCUT2D eigenvalue weighted by molar-refractivity contribution is -0.149. The quantitative estimate of drug-likeness (QED) is 0.198. The third-order valence-electron chi connectivity index (χ3n) is 9.55. The number of aliphatic hydroxyl groups excluding tert-OH is 1. The first-order valence-corrected chi connectivity index (χ1v) is 16.3. The van der Waals surface area contributed by atoms with E-state index in [-0.39, 0.29) is 50.6 Å². The van der Waals surface area contributed by atoms with E-state index in [0.29, 0.717) is 49.2 Å². The van der Waals surface area contributed by atoms with Gasteiger partial charge in [-0.05, 0) is 69.0 Å². The number of hydrogen-bond donors (Lipinski definition) is 1. The monoisotopic (exact) mass is 642 g/mol. The normalized spacial score (nSPS) is 24.4. The van der Waals surface area contributed by atoms with E-state index in [1.54, 1.807) is 31.5 Å². The summed E-state index contributed by atoms with van der Waals surface area (Å²) in [6.07, 6.45) is 4.79. The van der Waals surface area contributed by atoms with E-state index in [9.17, 15) is 19.5 Å². The first-order valence-electron chi connectivity index (χ1n) is 16.3. The minimum atomic E-state index is -1.17. The summed E-state index contributed by atoms with van der Waals surface area (Å²) in [6, 6.07) is 13.8. The number of fused-ring (bicyclic) bond motifs is 2. The van der Waals surface area contributed by atoms with Crippen LogP contribution in [0.3, 0.4) is 0 Å². The predicted octanol–water partition coefficient (Wildman–Crippen LogP) is 3.17. The Morgan fingerprint density at radius 3 is 2.60 bits per heavy atom. The molecule has 0 aliphatic carbocycles. The number of anilines is 1. The average Bonchev–Trinajstić information content (AvgIpc) is 3.83. The molecule has 2 unspecified atom stereocenters. The molecule has 2 bridgehead atoms. The largest absolute Gasteiger partial charge is 0.494 e. The van der Waals surface area contributed by atoms with Gasteiger partial charge in [0.2, 0.25) is 17.7 Å². The van der Waals surface area contributed by atoms with Gasteiger partial charge in [-0.2, -0.15) is 0 Å². The van der Waals surface area contributed by atoms with Crippen molar-refractivity contribution in [2.45, 2.75) is 57.0 Å². The van der Waals surface area contributed by atoms with E-state index < -0.39 is 29.6 Å². The standard InChI is InChI=1S/C35H42N6O6/c1-4-19-38(23-41-27-12-8-7-11-26(27)36-37-41)34(45)31-35-18-17-28(47-35)29(30(35)33(44)40(31)21-9-10-22-42)32(43)39(20-5-2)24-13-15-25(16-14-24)46-6-3/h4-5,7-8,11-16,28-31,42H,1-2,6,9-10,17-23H2,3H3/t28-,29+,30+,31?,35?/m1/s1. The lowest BCUT2D eigenvalue weighted by atomic mass is 9.70. The van der Waals surface area contributed by atoms with Crippen LogP contribution in [-0.4, -0.2) is 98.2 Å². The van der Waals surface area contributed by atoms with Crippen LogP contribution in [0.5, 0.6) is 5.75 Å². The molecule has 4 heterocycles. The molecule has 1 aromatic heterocycles. The predicted molar refractivity (Wildman–Crippen MR) is 175 cm³/mol. The van der Waals surface area contributed by atoms with E-state index in [0.717, 1.165) is 5.52 Å². The lowest BCUT2D eigenvalue weighted by Gasteiger charge is -2.37. The van der Waals surface area contributed by atoms with Crippen molar-refractivity contribution in [3.8, 4) is 5.75 Å². The minimum Gasteiger partial charge on any atom is -0.494 e. The highest BCUT2D eigenvalue weighted by Crippen LogP contribution is 2.59. The third-order valence-corrected chi connectivity index (χ3v) is 9.55. The van der Waals surface area contributed by atoms with Gasteiger partial charge in [-0.1, -0.05) is 29.5 Å². The molecule has 3 aliphatic heterocycles. The topological polar surface area (TPSA) is 130 Å². The van der Waals surface area contributed by atoms with Gasteiger partial charge in [-0.3, -0.25) is 14.4 Å². The van der Waals surface area contributed by atoms with E-state index in [2.05, 4.69) is 23.5 Å². The number of aromatic nitrogens is 3. The number of para-hydroxylation sites is 1. The minimum absolute atomic E-state index is 0.0323. The summed E-state index contributed by atoms with van der Waals surface area (Å²) in [5, 5.41) is 18.0. The Balaban J connectivity index is 1.34. The molecule has 6 rings (SSSR count). The summed E-state index contributed by atoms with van der Waals surface area (Å²) in [6.45, 7) is 10.9. The number of rotatable bonds is 15. The Kier molecular flexibility index (Phi) is 9.42. The van der Waals surface area contributed by atoms with Crippen molar-refractivity contribution in [2.75, 3.05) is 37.7 Å². The van der Waals surface area contributed by atoms with Crippen LogP contribution in [0, 0.1) is 11.8 Å². The third kappa shape index (κ3) is 5.69. The molecule has 12 nitrogen and oxygen atoms in total. The number of hydrogen-bond acceptors (Lipinski definition) is 8. The molecule has 5 atom stereocenters. The molecule has 3 saturated heterocycles. The highest BCUT2D eigenvalue weighted by Gasteiger charge is 2.74. The molecule has 0 saturated carbocycles. The zero-order chi connectivity index (χ0) is 33.1. The van der Waals surface area contributed by atoms with Crippen LogP contribution < -0.4 is 9.64 Å². The second-order valence-corrected chi connectivity index (χ2v) is 12.3. The van der Waals surface area contributed by atoms with Gasteiger partial charge in [0, 0.05) is 31.9 Å². The number of unbranched alkanes of at least 4 members (excludes halogenated alkanes) is 1. The second-order valence-electron chi connectivity index (χ2n) is 12.3. The molecule has 2 aromatic carbocycles. The number of likely N-dealkylation sites (tertiary alicyclic amines) is 1. The maximum atomic E-state index is 14.7. The number of amides is 3. The second kappa shape index (κ2) is 13.7. The lowest BCUT2D eigenvalue weighted by Crippen LogP contribution is -2.56. The summed E-state index contributed by atoms with van der Waals surface area (Å²) in [5.41, 5.74) is 0.966. The van der Waals surface area contributed by atoms with E-state index >= 15 is 0 Å². The zero-order valence-electron chi connectivity index (χ0n) is 26.7. The van der Waals surface area contributed by atoms with Crippen molar-refractivity contribution in [1.29, 1.82) is 0 Å². The smallest absolute Gasteiger partial charge is 0.250 e. The summed E-state index contributed by atoms with van der Waals surface area (Å²) in [5.74, 6) is -1.71. The Morgan fingerprint density at radius 1 is 1.11 bits per heavy atom. The van der Waals surface area contributed by atoms with Crippen molar-refractivity contribution in [3.05, 3.63) is 73.8 Å². The van der Waals surface area contributed by atoms with Gasteiger partial charge in [0.15, 0.2) is 0 Å². The SMILES string of the molecule is C=CCN(Cn1nnc2ccccc21)C(=O)C1N(CCCCO)C(=O)[C@@H]2[C@@H](C(=O)N(CC=C)c3ccc(OCC)cc3)[C@H]3CCC12O3. The van der Waals surface area contributed by atoms with Gasteiger partial charge in [0.1, 0.15) is 29.6 Å². The number of carbonyl (C=O) groups is 3. The molecule has 248 valence electrons. The number of nitrogens with zero attached hydrogens (tertiary/aromatic N) is 6. The van der Waals surface area contributed by atoms with Gasteiger partial charge < -0.3 is 29.3 Å². The van der Waals surface area contributed by atoms with Gasteiger partial charge in [0.25, 0.3) is 0 Å². The molecule has 0 radical (unpaired) electrons. The number of ether oxygens (including phenoxy) is 2. The molecule has 12 heteroatoms. The van der Waals surface area contributed by atoms with Crippen molar-refractivity contribution < 1.29 is 29.0 Å². The van der Waals surface area contributed by atoms with Crippen LogP contribution in [0.2, 0.25) is 0 Å². The fraction of sp³-hybridized carbons (Fsp3) is 0.457. The van der Waals surface area contributed by atoms with Crippen LogP contribution in [-0.2, 0) is 25.8 Å². The molecule has 3 amide bonds. The van der Waals surface area contributed by atoms with E-state index in [1.807, 2.05) is 55.5 Å². The maximum absolute atomic E-state index is 14.7. The van der Waals surface area contributed by atoms with Gasteiger partial charge >= 0.3 is 0 Å². The Labute approximate surface area is 274 Å². The van der Waals surface area contributed by atoms with Crippen molar-refractivity contribution in [1.82, 2.24) is 24.8 Å². The van der Waals surface area contributed by atoms with Crippen LogP contribution >= 0.6 is 0 Å². The molecule has 1 N–H and O–H groups in total. The van der Waals surface area contributed by atoms with Crippen molar-refractivity contribution in [2.24, 2.45) is 11.8 Å². The molecule has 47 heavy (non-hydrogen) atoms. The average molecular weight is 643 g/mol. The fourth-order valence-corrected chi connectivity index (χ4v) is 7.60. The van der Waals surface area contributed by atoms with Gasteiger partial charge in [0.05, 0.1) is 30.1 Å². The Morgan fingerprint density at radius 2 is 1.87 bits per heavy atom. The number of benzene rings is 2. The maximum Gasteiger partial charge on any atom is 0.250 e. The number of carbonyl (C=O) groups excluding carboxylic acids is 3. The van der Waals surface area contributed by atoms with Crippen LogP contribution in [0.1, 0.15) is 32.6 Å². The van der Waals surface area contributed by atoms with E-state index in [1.165, 1.54) is 0 Å². The molecule has 3 aliphatic rings. The van der Waals surface area contributed by atoms with Gasteiger partial charge in [-0.15, -0.1) is 18.3 Å². The molecule has 3 fully saturated rings. The highest BCUT2D eigenvalue weighted by molar-refractivity contribution is 6.03. The molecular formula is C35H42N6O6. The summed E-state index contributed by atoms with van der Waals surface area (Å²) < 4.78 is 13.9. The fourth-order valence-electron chi connectivity index (χ4n) is 7.60.